The fourth-order valence-corrected chi connectivity index (χ4v) is 1.41. The molecule has 0 saturated carbocycles. The largest absolute Gasteiger partial charge is 0.478 e. The number of aldehydes is 1. The topological polar surface area (TPSA) is 63.6 Å². The van der Waals surface area contributed by atoms with Gasteiger partial charge in [0.1, 0.15) is 5.75 Å². The summed E-state index contributed by atoms with van der Waals surface area (Å²) in [4.78, 5) is 21.1. The van der Waals surface area contributed by atoms with Gasteiger partial charge in [-0.2, -0.15) is 8.78 Å². The summed E-state index contributed by atoms with van der Waals surface area (Å²) in [6.07, 6.45) is 2.51. The van der Waals surface area contributed by atoms with E-state index in [0.717, 1.165) is 6.08 Å². The van der Waals surface area contributed by atoms with Crippen molar-refractivity contribution in [2.45, 2.75) is 13.5 Å². The van der Waals surface area contributed by atoms with Crippen LogP contribution in [0.25, 0.3) is 6.08 Å². The molecular formula is C12H10F2O4. The molecule has 6 heteroatoms. The highest BCUT2D eigenvalue weighted by molar-refractivity contribution is 5.87. The van der Waals surface area contributed by atoms with E-state index in [1.54, 1.807) is 0 Å². The maximum absolute atomic E-state index is 12.2. The van der Waals surface area contributed by atoms with Crippen LogP contribution in [-0.4, -0.2) is 24.0 Å². The number of ether oxygens (including phenoxy) is 1. The molecule has 1 rings (SSSR count). The number of hydrogen-bond donors (Lipinski definition) is 1. The second kappa shape index (κ2) is 5.90. The van der Waals surface area contributed by atoms with E-state index in [4.69, 9.17) is 5.11 Å². The first-order valence-corrected chi connectivity index (χ1v) is 4.90. The molecule has 1 aromatic carbocycles. The van der Waals surface area contributed by atoms with Crippen molar-refractivity contribution in [3.63, 3.8) is 0 Å². The molecule has 96 valence electrons. The van der Waals surface area contributed by atoms with Crippen molar-refractivity contribution in [3.05, 3.63) is 34.9 Å². The first-order chi connectivity index (χ1) is 8.45. The molecule has 0 atom stereocenters. The van der Waals surface area contributed by atoms with E-state index in [9.17, 15) is 18.4 Å². The SMILES string of the molecule is Cc1c(/C=C/C(=O)O)ccc(C=O)c1OC(F)F. The summed E-state index contributed by atoms with van der Waals surface area (Å²) >= 11 is 0. The lowest BCUT2D eigenvalue weighted by Crippen LogP contribution is -2.06. The van der Waals surface area contributed by atoms with E-state index in [1.165, 1.54) is 25.1 Å². The zero-order valence-electron chi connectivity index (χ0n) is 9.39. The van der Waals surface area contributed by atoms with Crippen LogP contribution in [0.15, 0.2) is 18.2 Å². The highest BCUT2D eigenvalue weighted by Crippen LogP contribution is 2.28. The first kappa shape index (κ1) is 13.8. The number of hydrogen-bond acceptors (Lipinski definition) is 3. The van der Waals surface area contributed by atoms with Gasteiger partial charge in [0.2, 0.25) is 0 Å². The number of halogens is 2. The molecule has 4 nitrogen and oxygen atoms in total. The third kappa shape index (κ3) is 3.38. The molecule has 1 N–H and O–H groups in total. The fraction of sp³-hybridized carbons (Fsp3) is 0.167. The molecule has 0 aromatic heterocycles. The van der Waals surface area contributed by atoms with E-state index in [-0.39, 0.29) is 16.9 Å². The lowest BCUT2D eigenvalue weighted by atomic mass is 10.0. The van der Waals surface area contributed by atoms with Gasteiger partial charge in [-0.3, -0.25) is 4.79 Å². The molecule has 0 heterocycles. The van der Waals surface area contributed by atoms with Crippen LogP contribution in [0.5, 0.6) is 5.75 Å². The van der Waals surface area contributed by atoms with Crippen molar-refractivity contribution in [1.82, 2.24) is 0 Å². The Bertz CT molecular complexity index is 495. The number of carboxylic acids is 1. The van der Waals surface area contributed by atoms with Gasteiger partial charge in [-0.15, -0.1) is 0 Å². The van der Waals surface area contributed by atoms with Crippen LogP contribution in [0.3, 0.4) is 0 Å². The molecule has 0 aliphatic rings. The Labute approximate surface area is 101 Å². The Kier molecular flexibility index (Phi) is 4.53. The summed E-state index contributed by atoms with van der Waals surface area (Å²) in [5, 5.41) is 8.49. The number of benzene rings is 1. The number of carbonyl (C=O) groups is 2. The van der Waals surface area contributed by atoms with Crippen LogP contribution in [0.2, 0.25) is 0 Å². The molecule has 0 radical (unpaired) electrons. The van der Waals surface area contributed by atoms with Crippen molar-refractivity contribution in [2.24, 2.45) is 0 Å². The molecule has 0 saturated heterocycles. The van der Waals surface area contributed by atoms with Crippen molar-refractivity contribution >= 4 is 18.3 Å². The van der Waals surface area contributed by atoms with Crippen LogP contribution in [-0.2, 0) is 4.79 Å². The van der Waals surface area contributed by atoms with Crippen molar-refractivity contribution in [1.29, 1.82) is 0 Å². The maximum atomic E-state index is 12.2. The van der Waals surface area contributed by atoms with Gasteiger partial charge in [0, 0.05) is 6.08 Å². The number of alkyl halides is 2. The predicted octanol–water partition coefficient (Wildman–Crippen LogP) is 2.51. The Morgan fingerprint density at radius 2 is 2.00 bits per heavy atom. The lowest BCUT2D eigenvalue weighted by Gasteiger charge is -2.12. The van der Waals surface area contributed by atoms with Crippen molar-refractivity contribution < 1.29 is 28.2 Å². The van der Waals surface area contributed by atoms with E-state index >= 15 is 0 Å². The van der Waals surface area contributed by atoms with E-state index in [0.29, 0.717) is 11.8 Å². The predicted molar refractivity (Wildman–Crippen MR) is 59.9 cm³/mol. The minimum Gasteiger partial charge on any atom is -0.478 e. The minimum absolute atomic E-state index is 0.0136. The number of carboxylic acid groups (broad SMARTS) is 1. The number of rotatable bonds is 5. The van der Waals surface area contributed by atoms with Crippen LogP contribution in [0, 0.1) is 6.92 Å². The van der Waals surface area contributed by atoms with Gasteiger partial charge in [0.05, 0.1) is 5.56 Å². The van der Waals surface area contributed by atoms with Crippen LogP contribution < -0.4 is 4.74 Å². The Morgan fingerprint density at radius 3 is 2.50 bits per heavy atom. The normalized spacial score (nSPS) is 10.9. The summed E-state index contributed by atoms with van der Waals surface area (Å²) in [5.74, 6) is -1.40. The summed E-state index contributed by atoms with van der Waals surface area (Å²) in [5.41, 5.74) is 0.649. The summed E-state index contributed by atoms with van der Waals surface area (Å²) in [6, 6.07) is 2.75. The van der Waals surface area contributed by atoms with Gasteiger partial charge in [-0.25, -0.2) is 4.79 Å². The molecular weight excluding hydrogens is 246 g/mol. The Balaban J connectivity index is 3.24. The monoisotopic (exact) mass is 256 g/mol. The fourth-order valence-electron chi connectivity index (χ4n) is 1.41. The molecule has 0 amide bonds. The molecule has 1 aromatic rings. The van der Waals surface area contributed by atoms with Gasteiger partial charge >= 0.3 is 12.6 Å². The maximum Gasteiger partial charge on any atom is 0.387 e. The molecule has 0 spiro atoms. The highest BCUT2D eigenvalue weighted by atomic mass is 19.3. The van der Waals surface area contributed by atoms with Gasteiger partial charge in [0.25, 0.3) is 0 Å². The molecule has 0 bridgehead atoms. The standard InChI is InChI=1S/C12H10F2O4/c1-7-8(4-5-10(16)17)2-3-9(6-15)11(7)18-12(13)14/h2-6,12H,1H3,(H,16,17)/b5-4+. The van der Waals surface area contributed by atoms with E-state index < -0.39 is 12.6 Å². The van der Waals surface area contributed by atoms with Crippen molar-refractivity contribution in [2.75, 3.05) is 0 Å². The summed E-state index contributed by atoms with van der Waals surface area (Å²) in [7, 11) is 0. The third-order valence-corrected chi connectivity index (χ3v) is 2.22. The van der Waals surface area contributed by atoms with E-state index in [1.807, 2.05) is 0 Å². The first-order valence-electron chi connectivity index (χ1n) is 4.90. The average Bonchev–Trinajstić information content (AvgIpc) is 2.29. The Hall–Kier alpha value is -2.24. The van der Waals surface area contributed by atoms with Gasteiger partial charge in [0.15, 0.2) is 6.29 Å². The zero-order chi connectivity index (χ0) is 13.7. The molecule has 18 heavy (non-hydrogen) atoms. The van der Waals surface area contributed by atoms with Crippen LogP contribution in [0.1, 0.15) is 21.5 Å². The molecule has 0 unspecified atom stereocenters. The molecule has 0 aliphatic heterocycles. The highest BCUT2D eigenvalue weighted by Gasteiger charge is 2.14. The quantitative estimate of drug-likeness (QED) is 0.649. The lowest BCUT2D eigenvalue weighted by molar-refractivity contribution is -0.131. The molecule has 0 aliphatic carbocycles. The van der Waals surface area contributed by atoms with Gasteiger partial charge in [-0.1, -0.05) is 6.07 Å². The van der Waals surface area contributed by atoms with Crippen LogP contribution >= 0.6 is 0 Å². The minimum atomic E-state index is -3.05. The second-order valence-electron chi connectivity index (χ2n) is 3.37. The molecule has 0 fully saturated rings. The average molecular weight is 256 g/mol. The van der Waals surface area contributed by atoms with E-state index in [2.05, 4.69) is 4.74 Å². The second-order valence-corrected chi connectivity index (χ2v) is 3.37. The smallest absolute Gasteiger partial charge is 0.387 e. The summed E-state index contributed by atoms with van der Waals surface area (Å²) < 4.78 is 28.7. The summed E-state index contributed by atoms with van der Waals surface area (Å²) in [6.45, 7) is -1.59. The van der Waals surface area contributed by atoms with Gasteiger partial charge < -0.3 is 9.84 Å². The zero-order valence-corrected chi connectivity index (χ0v) is 9.39. The third-order valence-electron chi connectivity index (χ3n) is 2.22. The Morgan fingerprint density at radius 1 is 1.39 bits per heavy atom. The van der Waals surface area contributed by atoms with Crippen LogP contribution in [0.4, 0.5) is 8.78 Å². The van der Waals surface area contributed by atoms with Gasteiger partial charge in [-0.05, 0) is 30.2 Å². The number of carbonyl (C=O) groups excluding carboxylic acids is 1. The van der Waals surface area contributed by atoms with Crippen molar-refractivity contribution in [3.8, 4) is 5.75 Å². The number of aliphatic carboxylic acids is 1.